The standard InChI is InChI=1S/C10H17N5O2S/c1-14-7-9(6-13-14)18(16,17)15-4-2-8(3-5-15)10(11)12/h6-8H,2-5H2,1H3,(H3,11,12). The number of nitrogens with one attached hydrogen (secondary N) is 1. The van der Waals surface area contributed by atoms with Gasteiger partial charge in [0, 0.05) is 32.3 Å². The molecule has 1 aliphatic heterocycles. The second-order valence-corrected chi connectivity index (χ2v) is 6.42. The molecule has 0 aliphatic carbocycles. The Bertz CT molecular complexity index is 542. The van der Waals surface area contributed by atoms with Gasteiger partial charge in [-0.1, -0.05) is 0 Å². The molecule has 1 aliphatic rings. The van der Waals surface area contributed by atoms with E-state index in [-0.39, 0.29) is 16.6 Å². The molecule has 3 N–H and O–H groups in total. The lowest BCUT2D eigenvalue weighted by atomic mass is 9.97. The highest BCUT2D eigenvalue weighted by molar-refractivity contribution is 7.89. The molecule has 2 rings (SSSR count). The SMILES string of the molecule is Cn1cc(S(=O)(=O)N2CCC(C(=N)N)CC2)cn1. The Kier molecular flexibility index (Phi) is 3.40. The monoisotopic (exact) mass is 271 g/mol. The highest BCUT2D eigenvalue weighted by atomic mass is 32.2. The average molecular weight is 271 g/mol. The Morgan fingerprint density at radius 1 is 1.50 bits per heavy atom. The van der Waals surface area contributed by atoms with Crippen LogP contribution < -0.4 is 5.73 Å². The zero-order valence-electron chi connectivity index (χ0n) is 10.2. The minimum Gasteiger partial charge on any atom is -0.387 e. The van der Waals surface area contributed by atoms with Crippen molar-refractivity contribution in [2.75, 3.05) is 13.1 Å². The van der Waals surface area contributed by atoms with Gasteiger partial charge in [0.1, 0.15) is 4.90 Å². The Morgan fingerprint density at radius 2 is 2.11 bits per heavy atom. The van der Waals surface area contributed by atoms with Crippen LogP contribution in [0.1, 0.15) is 12.8 Å². The fourth-order valence-corrected chi connectivity index (χ4v) is 3.54. The summed E-state index contributed by atoms with van der Waals surface area (Å²) in [5, 5.41) is 11.3. The van der Waals surface area contributed by atoms with Crippen molar-refractivity contribution in [3.8, 4) is 0 Å². The predicted molar refractivity (Wildman–Crippen MR) is 66.6 cm³/mol. The lowest BCUT2D eigenvalue weighted by Crippen LogP contribution is -2.41. The van der Waals surface area contributed by atoms with Crippen molar-refractivity contribution >= 4 is 15.9 Å². The lowest BCUT2D eigenvalue weighted by Gasteiger charge is -2.30. The van der Waals surface area contributed by atoms with Gasteiger partial charge in [-0.25, -0.2) is 8.42 Å². The zero-order valence-corrected chi connectivity index (χ0v) is 11.0. The van der Waals surface area contributed by atoms with Crippen molar-refractivity contribution in [1.82, 2.24) is 14.1 Å². The molecule has 8 heteroatoms. The first-order valence-electron chi connectivity index (χ1n) is 5.74. The van der Waals surface area contributed by atoms with E-state index in [0.717, 1.165) is 0 Å². The summed E-state index contributed by atoms with van der Waals surface area (Å²) >= 11 is 0. The summed E-state index contributed by atoms with van der Waals surface area (Å²) < 4.78 is 27.4. The maximum Gasteiger partial charge on any atom is 0.246 e. The van der Waals surface area contributed by atoms with Gasteiger partial charge in [0.2, 0.25) is 10.0 Å². The first kappa shape index (κ1) is 13.0. The normalized spacial score (nSPS) is 18.9. The van der Waals surface area contributed by atoms with E-state index in [9.17, 15) is 8.42 Å². The van der Waals surface area contributed by atoms with Crippen molar-refractivity contribution in [3.63, 3.8) is 0 Å². The Hall–Kier alpha value is -1.41. The number of amidine groups is 1. The summed E-state index contributed by atoms with van der Waals surface area (Å²) in [6, 6.07) is 0. The molecule has 1 aromatic rings. The van der Waals surface area contributed by atoms with Gasteiger partial charge in [-0.3, -0.25) is 10.1 Å². The number of aryl methyl sites for hydroxylation is 1. The van der Waals surface area contributed by atoms with Crippen LogP contribution in [-0.2, 0) is 17.1 Å². The minimum absolute atomic E-state index is 0.00495. The van der Waals surface area contributed by atoms with Gasteiger partial charge in [-0.2, -0.15) is 9.40 Å². The number of sulfonamides is 1. The summed E-state index contributed by atoms with van der Waals surface area (Å²) in [5.74, 6) is 0.152. The first-order chi connectivity index (χ1) is 8.41. The van der Waals surface area contributed by atoms with E-state index in [1.165, 1.54) is 21.4 Å². The van der Waals surface area contributed by atoms with Gasteiger partial charge < -0.3 is 5.73 Å². The molecule has 1 aromatic heterocycles. The molecule has 0 aromatic carbocycles. The molecule has 0 spiro atoms. The molecule has 7 nitrogen and oxygen atoms in total. The third-order valence-electron chi connectivity index (χ3n) is 3.21. The van der Waals surface area contributed by atoms with Crippen LogP contribution in [0.15, 0.2) is 17.3 Å². The van der Waals surface area contributed by atoms with Crippen molar-refractivity contribution in [3.05, 3.63) is 12.4 Å². The Morgan fingerprint density at radius 3 is 2.56 bits per heavy atom. The molecule has 100 valence electrons. The van der Waals surface area contributed by atoms with Crippen LogP contribution in [0, 0.1) is 11.3 Å². The molecule has 18 heavy (non-hydrogen) atoms. The quantitative estimate of drug-likeness (QED) is 0.584. The lowest BCUT2D eigenvalue weighted by molar-refractivity contribution is 0.314. The largest absolute Gasteiger partial charge is 0.387 e. The van der Waals surface area contributed by atoms with E-state index in [0.29, 0.717) is 25.9 Å². The highest BCUT2D eigenvalue weighted by Crippen LogP contribution is 2.23. The Labute approximate surface area is 106 Å². The van der Waals surface area contributed by atoms with Crippen molar-refractivity contribution in [2.24, 2.45) is 18.7 Å². The number of piperidine rings is 1. The molecular formula is C10H17N5O2S. The molecular weight excluding hydrogens is 254 g/mol. The second kappa shape index (κ2) is 4.69. The van der Waals surface area contributed by atoms with E-state index >= 15 is 0 Å². The van der Waals surface area contributed by atoms with Gasteiger partial charge in [0.05, 0.1) is 12.0 Å². The molecule has 0 saturated carbocycles. The molecule has 0 radical (unpaired) electrons. The van der Waals surface area contributed by atoms with Crippen molar-refractivity contribution in [2.45, 2.75) is 17.7 Å². The van der Waals surface area contributed by atoms with Gasteiger partial charge in [0.15, 0.2) is 0 Å². The van der Waals surface area contributed by atoms with E-state index in [1.54, 1.807) is 7.05 Å². The van der Waals surface area contributed by atoms with Crippen LogP contribution >= 0.6 is 0 Å². The van der Waals surface area contributed by atoms with Crippen molar-refractivity contribution in [1.29, 1.82) is 5.41 Å². The number of hydrogen-bond donors (Lipinski definition) is 2. The van der Waals surface area contributed by atoms with E-state index in [2.05, 4.69) is 5.10 Å². The van der Waals surface area contributed by atoms with Crippen molar-refractivity contribution < 1.29 is 8.42 Å². The third kappa shape index (κ3) is 2.39. The van der Waals surface area contributed by atoms with Crippen LogP contribution in [0.2, 0.25) is 0 Å². The fourth-order valence-electron chi connectivity index (χ4n) is 2.09. The molecule has 0 unspecified atom stereocenters. The third-order valence-corrected chi connectivity index (χ3v) is 5.06. The van der Waals surface area contributed by atoms with E-state index in [4.69, 9.17) is 11.1 Å². The van der Waals surface area contributed by atoms with Crippen LogP contribution in [-0.4, -0.2) is 41.4 Å². The predicted octanol–water partition coefficient (Wildman–Crippen LogP) is -0.243. The number of rotatable bonds is 3. The molecule has 0 bridgehead atoms. The maximum absolute atomic E-state index is 12.3. The van der Waals surface area contributed by atoms with Gasteiger partial charge in [-0.05, 0) is 12.8 Å². The molecule has 1 saturated heterocycles. The number of aromatic nitrogens is 2. The van der Waals surface area contributed by atoms with Crippen LogP contribution in [0.4, 0.5) is 0 Å². The summed E-state index contributed by atoms with van der Waals surface area (Å²) in [7, 11) is -1.77. The van der Waals surface area contributed by atoms with Crippen LogP contribution in [0.5, 0.6) is 0 Å². The van der Waals surface area contributed by atoms with E-state index in [1.807, 2.05) is 0 Å². The summed E-state index contributed by atoms with van der Waals surface area (Å²) in [6.45, 7) is 0.808. The maximum atomic E-state index is 12.3. The summed E-state index contributed by atoms with van der Waals surface area (Å²) in [4.78, 5) is 0.214. The van der Waals surface area contributed by atoms with Gasteiger partial charge >= 0.3 is 0 Å². The first-order valence-corrected chi connectivity index (χ1v) is 7.18. The smallest absolute Gasteiger partial charge is 0.246 e. The van der Waals surface area contributed by atoms with Gasteiger partial charge in [0.25, 0.3) is 0 Å². The summed E-state index contributed by atoms with van der Waals surface area (Å²) in [6.07, 6.45) is 4.06. The summed E-state index contributed by atoms with van der Waals surface area (Å²) in [5.41, 5.74) is 5.44. The molecule has 0 atom stereocenters. The van der Waals surface area contributed by atoms with Crippen LogP contribution in [0.3, 0.4) is 0 Å². The Balaban J connectivity index is 2.12. The molecule has 2 heterocycles. The topological polar surface area (TPSA) is 105 Å². The average Bonchev–Trinajstić information content (AvgIpc) is 2.76. The van der Waals surface area contributed by atoms with Gasteiger partial charge in [-0.15, -0.1) is 0 Å². The molecule has 1 fully saturated rings. The van der Waals surface area contributed by atoms with E-state index < -0.39 is 10.0 Å². The number of nitrogens with two attached hydrogens (primary N) is 1. The molecule has 0 amide bonds. The van der Waals surface area contributed by atoms with Crippen LogP contribution in [0.25, 0.3) is 0 Å². The minimum atomic E-state index is -3.45. The second-order valence-electron chi connectivity index (χ2n) is 4.48. The number of hydrogen-bond acceptors (Lipinski definition) is 4. The zero-order chi connectivity index (χ0) is 13.3. The fraction of sp³-hybridized carbons (Fsp3) is 0.600. The number of nitrogens with zero attached hydrogens (tertiary/aromatic N) is 3. The highest BCUT2D eigenvalue weighted by Gasteiger charge is 2.30.